The lowest BCUT2D eigenvalue weighted by Gasteiger charge is -2.19. The van der Waals surface area contributed by atoms with E-state index in [0.29, 0.717) is 0 Å². The third kappa shape index (κ3) is 6.41. The number of pyridine rings is 2. The molecule has 0 saturated heterocycles. The molecule has 33 heavy (non-hydrogen) atoms. The maximum atomic E-state index is 4.95. The number of hydrogen-bond acceptors (Lipinski definition) is 6. The van der Waals surface area contributed by atoms with E-state index in [1.165, 1.54) is 26.1 Å². The van der Waals surface area contributed by atoms with Gasteiger partial charge in [0.15, 0.2) is 0 Å². The zero-order chi connectivity index (χ0) is 24.0. The fraction of sp³-hybridized carbons (Fsp3) is 0.556. The summed E-state index contributed by atoms with van der Waals surface area (Å²) in [4.78, 5) is 17.6. The van der Waals surface area contributed by atoms with Gasteiger partial charge in [-0.25, -0.2) is 0 Å². The van der Waals surface area contributed by atoms with E-state index in [1.54, 1.807) is 0 Å². The Labute approximate surface area is 208 Å². The van der Waals surface area contributed by atoms with Crippen molar-refractivity contribution in [1.29, 1.82) is 0 Å². The Hall–Kier alpha value is -1.34. The van der Waals surface area contributed by atoms with Crippen molar-refractivity contribution in [3.63, 3.8) is 0 Å². The van der Waals surface area contributed by atoms with Crippen LogP contribution in [0.25, 0.3) is 21.8 Å². The molecule has 180 valence electrons. The highest BCUT2D eigenvalue weighted by Gasteiger charge is 2.15. The molecular weight excluding hydrogens is 444 g/mol. The fourth-order valence-electron chi connectivity index (χ4n) is 4.30. The van der Waals surface area contributed by atoms with Crippen LogP contribution in [-0.4, -0.2) is 70.5 Å². The summed E-state index contributed by atoms with van der Waals surface area (Å²) >= 11 is 3.92. The van der Waals surface area contributed by atoms with Gasteiger partial charge < -0.3 is 9.80 Å². The van der Waals surface area contributed by atoms with Gasteiger partial charge in [0.1, 0.15) is 0 Å². The minimum absolute atomic E-state index is 1.08. The minimum Gasteiger partial charge on any atom is -0.303 e. The topological polar surface area (TPSA) is 32.3 Å². The molecule has 3 rings (SSSR count). The van der Waals surface area contributed by atoms with E-state index in [2.05, 4.69) is 76.5 Å². The third-order valence-electron chi connectivity index (χ3n) is 6.42. The lowest BCUT2D eigenvalue weighted by atomic mass is 10.0. The molecule has 0 unspecified atom stereocenters. The van der Waals surface area contributed by atoms with Crippen LogP contribution in [0.4, 0.5) is 0 Å². The van der Waals surface area contributed by atoms with E-state index in [1.807, 2.05) is 23.5 Å². The van der Waals surface area contributed by atoms with Crippen molar-refractivity contribution < 1.29 is 0 Å². The highest BCUT2D eigenvalue weighted by atomic mass is 32.2. The SMILES string of the molecule is CCN(CC)CCSc1cc(C)nc2c(C)c3nc(C)cc(SCCN(CC)CC)c3cc12. The van der Waals surface area contributed by atoms with Gasteiger partial charge in [-0.2, -0.15) is 0 Å². The number of nitrogens with zero attached hydrogens (tertiary/aromatic N) is 4. The monoisotopic (exact) mass is 484 g/mol. The highest BCUT2D eigenvalue weighted by molar-refractivity contribution is 7.99. The smallest absolute Gasteiger partial charge is 0.0767 e. The second-order valence-corrected chi connectivity index (χ2v) is 10.8. The molecule has 0 aliphatic heterocycles. The van der Waals surface area contributed by atoms with Crippen molar-refractivity contribution in [1.82, 2.24) is 19.8 Å². The molecule has 1 aromatic carbocycles. The Kier molecular flexibility index (Phi) is 9.86. The molecular formula is C27H40N4S2. The van der Waals surface area contributed by atoms with Gasteiger partial charge in [-0.3, -0.25) is 9.97 Å². The summed E-state index contributed by atoms with van der Waals surface area (Å²) in [6, 6.07) is 6.88. The van der Waals surface area contributed by atoms with Crippen molar-refractivity contribution in [3.8, 4) is 0 Å². The van der Waals surface area contributed by atoms with Crippen LogP contribution in [0.1, 0.15) is 44.6 Å². The number of aryl methyl sites for hydroxylation is 3. The first-order valence-corrected chi connectivity index (χ1v) is 14.3. The van der Waals surface area contributed by atoms with Crippen LogP contribution in [0.3, 0.4) is 0 Å². The summed E-state index contributed by atoms with van der Waals surface area (Å²) in [6.07, 6.45) is 0. The molecule has 0 radical (unpaired) electrons. The average molecular weight is 485 g/mol. The van der Waals surface area contributed by atoms with Crippen LogP contribution in [0.2, 0.25) is 0 Å². The van der Waals surface area contributed by atoms with E-state index in [4.69, 9.17) is 9.97 Å². The molecule has 0 amide bonds. The van der Waals surface area contributed by atoms with Gasteiger partial charge in [-0.05, 0) is 65.1 Å². The molecule has 0 fully saturated rings. The second-order valence-electron chi connectivity index (χ2n) is 8.57. The molecule has 6 heteroatoms. The minimum atomic E-state index is 1.08. The normalized spacial score (nSPS) is 12.0. The second kappa shape index (κ2) is 12.4. The summed E-state index contributed by atoms with van der Waals surface area (Å²) in [5, 5.41) is 2.54. The van der Waals surface area contributed by atoms with Crippen molar-refractivity contribution in [3.05, 3.63) is 35.2 Å². The van der Waals surface area contributed by atoms with Crippen molar-refractivity contribution >= 4 is 45.3 Å². The maximum Gasteiger partial charge on any atom is 0.0767 e. The number of rotatable bonds is 12. The van der Waals surface area contributed by atoms with Crippen LogP contribution >= 0.6 is 23.5 Å². The number of benzene rings is 1. The summed E-state index contributed by atoms with van der Waals surface area (Å²) in [5.41, 5.74) is 5.56. The van der Waals surface area contributed by atoms with Crippen molar-refractivity contribution in [2.24, 2.45) is 0 Å². The molecule has 2 heterocycles. The van der Waals surface area contributed by atoms with Gasteiger partial charge >= 0.3 is 0 Å². The van der Waals surface area contributed by atoms with Gasteiger partial charge in [0.2, 0.25) is 0 Å². The average Bonchev–Trinajstić information content (AvgIpc) is 2.80. The first-order valence-electron chi connectivity index (χ1n) is 12.3. The van der Waals surface area contributed by atoms with Crippen LogP contribution < -0.4 is 0 Å². The molecule has 3 aromatic rings. The zero-order valence-corrected chi connectivity index (χ0v) is 23.1. The Bertz CT molecular complexity index is 993. The Balaban J connectivity index is 2.00. The molecule has 0 atom stereocenters. The first-order chi connectivity index (χ1) is 15.9. The molecule has 0 saturated carbocycles. The Morgan fingerprint density at radius 2 is 1.03 bits per heavy atom. The highest BCUT2D eigenvalue weighted by Crippen LogP contribution is 2.37. The van der Waals surface area contributed by atoms with E-state index in [0.717, 1.165) is 73.2 Å². The van der Waals surface area contributed by atoms with Gasteiger partial charge in [0.05, 0.1) is 11.0 Å². The fourth-order valence-corrected chi connectivity index (χ4v) is 6.57. The van der Waals surface area contributed by atoms with Gasteiger partial charge in [0, 0.05) is 62.1 Å². The van der Waals surface area contributed by atoms with E-state index in [-0.39, 0.29) is 0 Å². The summed E-state index contributed by atoms with van der Waals surface area (Å²) in [7, 11) is 0. The quantitative estimate of drug-likeness (QED) is 0.213. The largest absolute Gasteiger partial charge is 0.303 e. The zero-order valence-electron chi connectivity index (χ0n) is 21.5. The van der Waals surface area contributed by atoms with Crippen molar-refractivity contribution in [2.45, 2.75) is 58.3 Å². The van der Waals surface area contributed by atoms with E-state index < -0.39 is 0 Å². The van der Waals surface area contributed by atoms with Gasteiger partial charge in [-0.1, -0.05) is 27.7 Å². The first kappa shape index (κ1) is 26.3. The molecule has 4 nitrogen and oxygen atoms in total. The Morgan fingerprint density at radius 1 is 0.636 bits per heavy atom. The van der Waals surface area contributed by atoms with E-state index >= 15 is 0 Å². The lowest BCUT2D eigenvalue weighted by molar-refractivity contribution is 0.324. The van der Waals surface area contributed by atoms with E-state index in [9.17, 15) is 0 Å². The molecule has 0 N–H and O–H groups in total. The number of fused-ring (bicyclic) bond motifs is 2. The Morgan fingerprint density at radius 3 is 1.39 bits per heavy atom. The predicted octanol–water partition coefficient (Wildman–Crippen LogP) is 6.58. The number of hydrogen-bond donors (Lipinski definition) is 0. The third-order valence-corrected chi connectivity index (χ3v) is 8.49. The predicted molar refractivity (Wildman–Crippen MR) is 148 cm³/mol. The van der Waals surface area contributed by atoms with Crippen LogP contribution in [0, 0.1) is 20.8 Å². The number of aromatic nitrogens is 2. The lowest BCUT2D eigenvalue weighted by Crippen LogP contribution is -2.25. The summed E-state index contributed by atoms with van der Waals surface area (Å²) < 4.78 is 0. The molecule has 0 spiro atoms. The maximum absolute atomic E-state index is 4.95. The van der Waals surface area contributed by atoms with Crippen molar-refractivity contribution in [2.75, 3.05) is 50.8 Å². The molecule has 2 aromatic heterocycles. The van der Waals surface area contributed by atoms with Gasteiger partial charge in [-0.15, -0.1) is 23.5 Å². The molecule has 0 aliphatic rings. The number of thioether (sulfide) groups is 2. The molecule has 0 bridgehead atoms. The summed E-state index contributed by atoms with van der Waals surface area (Å²) in [6.45, 7) is 22.0. The molecule has 0 aliphatic carbocycles. The summed E-state index contributed by atoms with van der Waals surface area (Å²) in [5.74, 6) is 2.18. The van der Waals surface area contributed by atoms with Gasteiger partial charge in [0.25, 0.3) is 0 Å². The van der Waals surface area contributed by atoms with Crippen LogP contribution in [0.5, 0.6) is 0 Å². The van der Waals surface area contributed by atoms with Crippen LogP contribution in [-0.2, 0) is 0 Å². The standard InChI is InChI=1S/C27H40N4S2/c1-8-30(9-2)12-14-32-24-16-19(5)28-26-21(7)27-23(18-22(24)26)25(17-20(6)29-27)33-15-13-31(10-3)11-4/h16-18H,8-15H2,1-7H3. The van der Waals surface area contributed by atoms with Crippen LogP contribution in [0.15, 0.2) is 28.0 Å².